The maximum Gasteiger partial charge on any atom is 0.272 e. The predicted molar refractivity (Wildman–Crippen MR) is 175 cm³/mol. The second-order valence-corrected chi connectivity index (χ2v) is 11.3. The van der Waals surface area contributed by atoms with Crippen molar-refractivity contribution < 1.29 is 19.1 Å². The van der Waals surface area contributed by atoms with E-state index in [-0.39, 0.29) is 16.9 Å². The van der Waals surface area contributed by atoms with Gasteiger partial charge in [-0.3, -0.25) is 14.4 Å². The van der Waals surface area contributed by atoms with Crippen molar-refractivity contribution in [2.45, 2.75) is 30.9 Å². The summed E-state index contributed by atoms with van der Waals surface area (Å²) in [6.45, 7) is 6.00. The average Bonchev–Trinajstić information content (AvgIpc) is 3.01. The molecule has 4 aromatic rings. The molecular weight excluding hydrogens is 582 g/mol. The zero-order valence-corrected chi connectivity index (χ0v) is 25.6. The van der Waals surface area contributed by atoms with Crippen LogP contribution in [0.15, 0.2) is 108 Å². The summed E-state index contributed by atoms with van der Waals surface area (Å²) in [4.78, 5) is 40.0. The van der Waals surface area contributed by atoms with Crippen molar-refractivity contribution in [3.63, 3.8) is 0 Å². The molecule has 1 unspecified atom stereocenters. The molecule has 7 nitrogen and oxygen atoms in total. The minimum Gasteiger partial charge on any atom is -0.493 e. The van der Waals surface area contributed by atoms with Crippen LogP contribution >= 0.6 is 23.4 Å². The van der Waals surface area contributed by atoms with Gasteiger partial charge in [0.2, 0.25) is 5.91 Å². The van der Waals surface area contributed by atoms with Crippen molar-refractivity contribution in [3.05, 3.63) is 124 Å². The molecule has 9 heteroatoms. The third-order valence-corrected chi connectivity index (χ3v) is 7.89. The van der Waals surface area contributed by atoms with Gasteiger partial charge in [-0.1, -0.05) is 54.1 Å². The van der Waals surface area contributed by atoms with Crippen LogP contribution in [0.2, 0.25) is 5.02 Å². The maximum absolute atomic E-state index is 13.4. The van der Waals surface area contributed by atoms with E-state index in [4.69, 9.17) is 16.3 Å². The average molecular weight is 614 g/mol. The Morgan fingerprint density at radius 3 is 2.30 bits per heavy atom. The summed E-state index contributed by atoms with van der Waals surface area (Å²) >= 11 is 7.56. The third kappa shape index (κ3) is 8.73. The number of amides is 3. The van der Waals surface area contributed by atoms with Crippen molar-refractivity contribution >= 4 is 58.5 Å². The second kappa shape index (κ2) is 15.1. The molecule has 0 fully saturated rings. The van der Waals surface area contributed by atoms with Crippen molar-refractivity contribution in [1.29, 1.82) is 0 Å². The minimum atomic E-state index is -0.499. The molecule has 1 atom stereocenters. The van der Waals surface area contributed by atoms with E-state index in [1.54, 1.807) is 60.7 Å². The van der Waals surface area contributed by atoms with Gasteiger partial charge in [0.25, 0.3) is 11.8 Å². The van der Waals surface area contributed by atoms with E-state index in [9.17, 15) is 14.4 Å². The number of para-hydroxylation sites is 1. The first-order valence-electron chi connectivity index (χ1n) is 13.7. The van der Waals surface area contributed by atoms with Crippen molar-refractivity contribution in [3.8, 4) is 5.75 Å². The molecule has 220 valence electrons. The molecule has 0 spiro atoms. The Morgan fingerprint density at radius 1 is 0.884 bits per heavy atom. The topological polar surface area (TPSA) is 96.5 Å². The molecule has 0 aromatic heterocycles. The van der Waals surface area contributed by atoms with Gasteiger partial charge in [-0.15, -0.1) is 11.8 Å². The highest BCUT2D eigenvalue weighted by Gasteiger charge is 2.18. The number of carbonyl (C=O) groups excluding carboxylic acids is 3. The number of nitrogens with one attached hydrogen (secondary N) is 3. The summed E-state index contributed by atoms with van der Waals surface area (Å²) in [5, 5.41) is 8.74. The molecule has 4 aromatic carbocycles. The van der Waals surface area contributed by atoms with Crippen LogP contribution in [-0.4, -0.2) is 29.6 Å². The van der Waals surface area contributed by atoms with Crippen molar-refractivity contribution in [2.24, 2.45) is 0 Å². The van der Waals surface area contributed by atoms with Gasteiger partial charge in [0.15, 0.2) is 0 Å². The highest BCUT2D eigenvalue weighted by atomic mass is 35.5. The smallest absolute Gasteiger partial charge is 0.272 e. The van der Waals surface area contributed by atoms with Crippen LogP contribution in [0.4, 0.5) is 11.4 Å². The monoisotopic (exact) mass is 613 g/mol. The van der Waals surface area contributed by atoms with Gasteiger partial charge >= 0.3 is 0 Å². The first-order chi connectivity index (χ1) is 20.7. The van der Waals surface area contributed by atoms with Crippen LogP contribution in [0.25, 0.3) is 6.08 Å². The van der Waals surface area contributed by atoms with Gasteiger partial charge in [0.1, 0.15) is 11.4 Å². The van der Waals surface area contributed by atoms with Crippen molar-refractivity contribution in [1.82, 2.24) is 5.32 Å². The molecule has 0 heterocycles. The highest BCUT2D eigenvalue weighted by Crippen LogP contribution is 2.28. The summed E-state index contributed by atoms with van der Waals surface area (Å²) < 4.78 is 5.71. The third-order valence-electron chi connectivity index (χ3n) is 6.37. The fourth-order valence-electron chi connectivity index (χ4n) is 4.03. The zero-order valence-electron chi connectivity index (χ0n) is 24.0. The molecule has 3 N–H and O–H groups in total. The largest absolute Gasteiger partial charge is 0.493 e. The van der Waals surface area contributed by atoms with Gasteiger partial charge in [-0.25, -0.2) is 0 Å². The number of carbonyl (C=O) groups is 3. The standard InChI is InChI=1S/C34H32ClN3O4S/c1-4-42-31-16-9-8-13-25(31)21-30(38-33(40)24-11-6-5-7-12-24)34(41)36-26-17-19-27(20-18-26)43-23(3)32(39)37-29-15-10-14-28(35)22(29)2/h5-21,23H,4H2,1-3H3,(H,36,41)(H,37,39)(H,38,40)/b30-21-. The Bertz CT molecular complexity index is 1620. The Morgan fingerprint density at radius 2 is 1.58 bits per heavy atom. The quantitative estimate of drug-likeness (QED) is 0.120. The molecule has 3 amide bonds. The lowest BCUT2D eigenvalue weighted by Crippen LogP contribution is -2.30. The molecule has 0 saturated carbocycles. The van der Waals surface area contributed by atoms with Crippen LogP contribution in [0, 0.1) is 6.92 Å². The van der Waals surface area contributed by atoms with Gasteiger partial charge < -0.3 is 20.7 Å². The van der Waals surface area contributed by atoms with Crippen LogP contribution in [0.1, 0.15) is 35.3 Å². The Balaban J connectivity index is 1.47. The number of hydrogen-bond acceptors (Lipinski definition) is 5. The fraction of sp³-hybridized carbons (Fsp3) is 0.147. The molecule has 0 bridgehead atoms. The van der Waals surface area contributed by atoms with Gasteiger partial charge in [0, 0.05) is 32.4 Å². The minimum absolute atomic E-state index is 0.0565. The second-order valence-electron chi connectivity index (χ2n) is 9.49. The number of hydrogen-bond donors (Lipinski definition) is 3. The number of anilines is 2. The predicted octanol–water partition coefficient (Wildman–Crippen LogP) is 7.58. The van der Waals surface area contributed by atoms with Crippen LogP contribution < -0.4 is 20.7 Å². The summed E-state index contributed by atoms with van der Waals surface area (Å²) in [6.07, 6.45) is 1.59. The molecule has 4 rings (SSSR count). The lowest BCUT2D eigenvalue weighted by molar-refractivity contribution is -0.115. The Hall–Kier alpha value is -4.53. The SMILES string of the molecule is CCOc1ccccc1/C=C(\NC(=O)c1ccccc1)C(=O)Nc1ccc(SC(C)C(=O)Nc2cccc(Cl)c2C)cc1. The molecule has 43 heavy (non-hydrogen) atoms. The summed E-state index contributed by atoms with van der Waals surface area (Å²) in [6, 6.07) is 28.5. The summed E-state index contributed by atoms with van der Waals surface area (Å²) in [7, 11) is 0. The van der Waals surface area contributed by atoms with E-state index in [1.165, 1.54) is 11.8 Å². The molecule has 0 radical (unpaired) electrons. The molecule has 0 aliphatic heterocycles. The Labute approximate surface area is 260 Å². The number of halogens is 1. The van der Waals surface area contributed by atoms with Gasteiger partial charge in [0.05, 0.1) is 11.9 Å². The van der Waals surface area contributed by atoms with Crippen LogP contribution in [-0.2, 0) is 9.59 Å². The van der Waals surface area contributed by atoms with E-state index in [0.717, 1.165) is 10.5 Å². The van der Waals surface area contributed by atoms with Crippen LogP contribution in [0.3, 0.4) is 0 Å². The van der Waals surface area contributed by atoms with E-state index >= 15 is 0 Å². The number of benzene rings is 4. The van der Waals surface area contributed by atoms with E-state index in [2.05, 4.69) is 16.0 Å². The lowest BCUT2D eigenvalue weighted by Gasteiger charge is -2.15. The lowest BCUT2D eigenvalue weighted by atomic mass is 10.1. The van der Waals surface area contributed by atoms with E-state index in [0.29, 0.717) is 39.9 Å². The summed E-state index contributed by atoms with van der Waals surface area (Å²) in [5.74, 6) is -0.471. The molecular formula is C34H32ClN3O4S. The highest BCUT2D eigenvalue weighted by molar-refractivity contribution is 8.00. The molecule has 0 saturated heterocycles. The van der Waals surface area contributed by atoms with E-state index in [1.807, 2.05) is 63.2 Å². The van der Waals surface area contributed by atoms with Crippen LogP contribution in [0.5, 0.6) is 5.75 Å². The molecule has 0 aliphatic carbocycles. The number of thioether (sulfide) groups is 1. The van der Waals surface area contributed by atoms with E-state index < -0.39 is 11.8 Å². The van der Waals surface area contributed by atoms with Crippen molar-refractivity contribution in [2.75, 3.05) is 17.2 Å². The van der Waals surface area contributed by atoms with Gasteiger partial charge in [-0.2, -0.15) is 0 Å². The number of rotatable bonds is 11. The summed E-state index contributed by atoms with van der Waals surface area (Å²) in [5.41, 5.74) is 3.14. The first kappa shape index (κ1) is 31.4. The van der Waals surface area contributed by atoms with Gasteiger partial charge in [-0.05, 0) is 87.0 Å². The zero-order chi connectivity index (χ0) is 30.8. The fourth-order valence-corrected chi connectivity index (χ4v) is 5.08. The molecule has 0 aliphatic rings. The Kier molecular flexibility index (Phi) is 11.0. The maximum atomic E-state index is 13.4. The number of ether oxygens (including phenoxy) is 1. The first-order valence-corrected chi connectivity index (χ1v) is 14.9. The normalized spacial score (nSPS) is 11.8.